The highest BCUT2D eigenvalue weighted by Crippen LogP contribution is 2.24. The summed E-state index contributed by atoms with van der Waals surface area (Å²) in [5, 5.41) is 6.75. The van der Waals surface area contributed by atoms with Crippen molar-refractivity contribution in [3.8, 4) is 17.1 Å². The van der Waals surface area contributed by atoms with Crippen LogP contribution in [0.3, 0.4) is 0 Å². The van der Waals surface area contributed by atoms with E-state index in [0.29, 0.717) is 31.3 Å². The van der Waals surface area contributed by atoms with Gasteiger partial charge < -0.3 is 14.6 Å². The van der Waals surface area contributed by atoms with E-state index in [1.807, 2.05) is 18.2 Å². The average Bonchev–Trinajstić information content (AvgIpc) is 3.19. The van der Waals surface area contributed by atoms with Crippen molar-refractivity contribution in [1.82, 2.24) is 20.4 Å². The fourth-order valence-electron chi connectivity index (χ4n) is 2.69. The molecule has 0 aliphatic heterocycles. The number of pyridine rings is 1. The zero-order valence-corrected chi connectivity index (χ0v) is 17.0. The molecule has 0 saturated heterocycles. The van der Waals surface area contributed by atoms with Crippen molar-refractivity contribution >= 4 is 5.91 Å². The van der Waals surface area contributed by atoms with Gasteiger partial charge in [-0.2, -0.15) is 4.98 Å². The van der Waals surface area contributed by atoms with Crippen molar-refractivity contribution in [3.63, 3.8) is 0 Å². The smallest absolute Gasteiger partial charge is 0.227 e. The maximum atomic E-state index is 12.0. The Bertz CT molecular complexity index is 915. The number of amides is 1. The molecule has 3 aromatic rings. The summed E-state index contributed by atoms with van der Waals surface area (Å²) in [6.07, 6.45) is 4.00. The van der Waals surface area contributed by atoms with Crippen molar-refractivity contribution in [2.24, 2.45) is 0 Å². The Kier molecular flexibility index (Phi) is 6.59. The van der Waals surface area contributed by atoms with E-state index in [1.165, 1.54) is 5.56 Å². The van der Waals surface area contributed by atoms with Crippen LogP contribution in [0.25, 0.3) is 11.4 Å². The van der Waals surface area contributed by atoms with Crippen LogP contribution in [0.1, 0.15) is 38.6 Å². The molecule has 1 N–H and O–H groups in total. The Hall–Kier alpha value is -3.22. The number of benzene rings is 1. The van der Waals surface area contributed by atoms with E-state index < -0.39 is 0 Å². The largest absolute Gasteiger partial charge is 0.492 e. The Balaban J connectivity index is 1.36. The van der Waals surface area contributed by atoms with Crippen molar-refractivity contribution < 1.29 is 14.1 Å². The number of nitrogens with zero attached hydrogens (tertiary/aromatic N) is 3. The molecule has 0 spiro atoms. The van der Waals surface area contributed by atoms with Gasteiger partial charge in [-0.15, -0.1) is 0 Å². The molecule has 1 amide bonds. The zero-order chi connectivity index (χ0) is 20.7. The number of nitrogens with one attached hydrogen (secondary N) is 1. The maximum absolute atomic E-state index is 12.0. The molecule has 152 valence electrons. The van der Waals surface area contributed by atoms with Crippen LogP contribution in [0.5, 0.6) is 5.75 Å². The number of ether oxygens (including phenoxy) is 1. The van der Waals surface area contributed by atoms with E-state index in [0.717, 1.165) is 11.3 Å². The minimum Gasteiger partial charge on any atom is -0.492 e. The van der Waals surface area contributed by atoms with Crippen LogP contribution in [0.2, 0.25) is 0 Å². The normalized spacial score (nSPS) is 11.3. The van der Waals surface area contributed by atoms with Crippen LogP contribution in [0.15, 0.2) is 53.3 Å². The Morgan fingerprint density at radius 3 is 2.66 bits per heavy atom. The molecule has 2 heterocycles. The quantitative estimate of drug-likeness (QED) is 0.588. The summed E-state index contributed by atoms with van der Waals surface area (Å²) in [4.78, 5) is 20.3. The summed E-state index contributed by atoms with van der Waals surface area (Å²) in [6.45, 7) is 7.36. The number of rotatable bonds is 8. The second-order valence-corrected chi connectivity index (χ2v) is 7.73. The lowest BCUT2D eigenvalue weighted by Crippen LogP contribution is -2.28. The first-order valence-electron chi connectivity index (χ1n) is 9.65. The van der Waals surface area contributed by atoms with E-state index >= 15 is 0 Å². The Morgan fingerprint density at radius 2 is 1.97 bits per heavy atom. The highest BCUT2D eigenvalue weighted by Gasteiger charge is 2.13. The molecule has 7 heteroatoms. The van der Waals surface area contributed by atoms with Gasteiger partial charge in [-0.3, -0.25) is 9.78 Å². The third-order valence-corrected chi connectivity index (χ3v) is 4.37. The van der Waals surface area contributed by atoms with Gasteiger partial charge in [-0.1, -0.05) is 38.1 Å². The van der Waals surface area contributed by atoms with Crippen LogP contribution in [0, 0.1) is 0 Å². The van der Waals surface area contributed by atoms with E-state index in [1.54, 1.807) is 18.5 Å². The first-order valence-corrected chi connectivity index (χ1v) is 9.65. The molecule has 0 unspecified atom stereocenters. The van der Waals surface area contributed by atoms with Gasteiger partial charge >= 0.3 is 0 Å². The van der Waals surface area contributed by atoms with Gasteiger partial charge in [0.15, 0.2) is 0 Å². The summed E-state index contributed by atoms with van der Waals surface area (Å²) < 4.78 is 10.9. The van der Waals surface area contributed by atoms with Crippen LogP contribution < -0.4 is 10.1 Å². The van der Waals surface area contributed by atoms with Gasteiger partial charge in [-0.25, -0.2) is 0 Å². The lowest BCUT2D eigenvalue weighted by molar-refractivity contribution is -0.121. The SMILES string of the molecule is CC(C)(C)c1ccc(OCCNC(=O)CCc2nc(-c3cccnc3)no2)cc1. The maximum Gasteiger partial charge on any atom is 0.227 e. The fraction of sp³-hybridized carbons (Fsp3) is 0.364. The predicted molar refractivity (Wildman–Crippen MR) is 109 cm³/mol. The third kappa shape index (κ3) is 6.14. The minimum absolute atomic E-state index is 0.0854. The zero-order valence-electron chi connectivity index (χ0n) is 17.0. The fourth-order valence-corrected chi connectivity index (χ4v) is 2.69. The Morgan fingerprint density at radius 1 is 1.17 bits per heavy atom. The van der Waals surface area contributed by atoms with Gasteiger partial charge in [0.2, 0.25) is 17.6 Å². The highest BCUT2D eigenvalue weighted by atomic mass is 16.5. The van der Waals surface area contributed by atoms with Crippen molar-refractivity contribution in [2.45, 2.75) is 39.0 Å². The number of hydrogen-bond donors (Lipinski definition) is 1. The van der Waals surface area contributed by atoms with Gasteiger partial charge in [0.1, 0.15) is 12.4 Å². The van der Waals surface area contributed by atoms with Crippen LogP contribution in [0.4, 0.5) is 0 Å². The first-order chi connectivity index (χ1) is 13.9. The second kappa shape index (κ2) is 9.32. The van der Waals surface area contributed by atoms with E-state index in [-0.39, 0.29) is 17.7 Å². The van der Waals surface area contributed by atoms with E-state index in [4.69, 9.17) is 9.26 Å². The standard InChI is InChI=1S/C22H26N4O3/c1-22(2,3)17-6-8-18(9-7-17)28-14-13-24-19(27)10-11-20-25-21(26-29-20)16-5-4-12-23-15-16/h4-9,12,15H,10-11,13-14H2,1-3H3,(H,24,27). The summed E-state index contributed by atoms with van der Waals surface area (Å²) in [5.74, 6) is 1.60. The van der Waals surface area contributed by atoms with Crippen LogP contribution >= 0.6 is 0 Å². The van der Waals surface area contributed by atoms with E-state index in [2.05, 4.69) is 53.3 Å². The monoisotopic (exact) mass is 394 g/mol. The minimum atomic E-state index is -0.0854. The lowest BCUT2D eigenvalue weighted by Gasteiger charge is -2.19. The molecule has 7 nitrogen and oxygen atoms in total. The predicted octanol–water partition coefficient (Wildman–Crippen LogP) is 3.56. The highest BCUT2D eigenvalue weighted by molar-refractivity contribution is 5.76. The molecule has 3 rings (SSSR count). The molecule has 0 atom stereocenters. The second-order valence-electron chi connectivity index (χ2n) is 7.73. The molecule has 0 saturated carbocycles. The summed E-state index contributed by atoms with van der Waals surface area (Å²) in [6, 6.07) is 11.7. The van der Waals surface area contributed by atoms with Crippen LogP contribution in [-0.4, -0.2) is 34.2 Å². The van der Waals surface area contributed by atoms with Gasteiger partial charge in [0, 0.05) is 30.8 Å². The van der Waals surface area contributed by atoms with Crippen LogP contribution in [-0.2, 0) is 16.6 Å². The van der Waals surface area contributed by atoms with Gasteiger partial charge in [-0.05, 0) is 35.2 Å². The van der Waals surface area contributed by atoms with Crippen molar-refractivity contribution in [2.75, 3.05) is 13.2 Å². The van der Waals surface area contributed by atoms with Crippen molar-refractivity contribution in [1.29, 1.82) is 0 Å². The number of aromatic nitrogens is 3. The summed E-state index contributed by atoms with van der Waals surface area (Å²) >= 11 is 0. The molecular weight excluding hydrogens is 368 g/mol. The van der Waals surface area contributed by atoms with Crippen molar-refractivity contribution in [3.05, 3.63) is 60.2 Å². The number of hydrogen-bond acceptors (Lipinski definition) is 6. The molecule has 0 aliphatic rings. The molecule has 1 aromatic carbocycles. The number of aryl methyl sites for hydroxylation is 1. The molecule has 0 aliphatic carbocycles. The molecule has 0 radical (unpaired) electrons. The van der Waals surface area contributed by atoms with Gasteiger partial charge in [0.05, 0.1) is 6.54 Å². The molecular formula is C22H26N4O3. The number of carbonyl (C=O) groups excluding carboxylic acids is 1. The molecule has 2 aromatic heterocycles. The molecule has 0 fully saturated rings. The summed E-state index contributed by atoms with van der Waals surface area (Å²) in [7, 11) is 0. The lowest BCUT2D eigenvalue weighted by atomic mass is 9.87. The topological polar surface area (TPSA) is 90.1 Å². The Labute approximate surface area is 170 Å². The van der Waals surface area contributed by atoms with Gasteiger partial charge in [0.25, 0.3) is 0 Å². The first kappa shape index (κ1) is 20.5. The average molecular weight is 394 g/mol. The number of carbonyl (C=O) groups is 1. The third-order valence-electron chi connectivity index (χ3n) is 4.37. The molecule has 29 heavy (non-hydrogen) atoms. The molecule has 0 bridgehead atoms. The van der Waals surface area contributed by atoms with E-state index in [9.17, 15) is 4.79 Å². The summed E-state index contributed by atoms with van der Waals surface area (Å²) in [5.41, 5.74) is 2.15.